The van der Waals surface area contributed by atoms with Crippen LogP contribution in [0.2, 0.25) is 0 Å². The number of nitrogens with one attached hydrogen (secondary N) is 1. The Morgan fingerprint density at radius 2 is 2.00 bits per heavy atom. The summed E-state index contributed by atoms with van der Waals surface area (Å²) in [5, 5.41) is 3.42. The summed E-state index contributed by atoms with van der Waals surface area (Å²) in [5.74, 6) is 0.174. The van der Waals surface area contributed by atoms with Gasteiger partial charge in [0.05, 0.1) is 5.69 Å². The van der Waals surface area contributed by atoms with Gasteiger partial charge in [-0.15, -0.1) is 0 Å². The summed E-state index contributed by atoms with van der Waals surface area (Å²) in [6.45, 7) is 7.66. The Labute approximate surface area is 101 Å². The minimum atomic E-state index is -0.267. The lowest BCUT2D eigenvalue weighted by Crippen LogP contribution is -2.54. The fourth-order valence-electron chi connectivity index (χ4n) is 2.36. The van der Waals surface area contributed by atoms with E-state index < -0.39 is 0 Å². The molecule has 5 heteroatoms. The van der Waals surface area contributed by atoms with E-state index in [-0.39, 0.29) is 5.82 Å². The Morgan fingerprint density at radius 1 is 1.35 bits per heavy atom. The van der Waals surface area contributed by atoms with Crippen molar-refractivity contribution in [2.45, 2.75) is 39.3 Å². The van der Waals surface area contributed by atoms with Gasteiger partial charge in [-0.2, -0.15) is 0 Å². The van der Waals surface area contributed by atoms with E-state index >= 15 is 0 Å². The Kier molecular flexibility index (Phi) is 3.57. The quantitative estimate of drug-likeness (QED) is 0.844. The van der Waals surface area contributed by atoms with Gasteiger partial charge in [-0.1, -0.05) is 6.92 Å². The average Bonchev–Trinajstić information content (AvgIpc) is 2.28. The van der Waals surface area contributed by atoms with E-state index in [2.05, 4.69) is 29.1 Å². The smallest absolute Gasteiger partial charge is 0.187 e. The van der Waals surface area contributed by atoms with Gasteiger partial charge < -0.3 is 10.2 Å². The topological polar surface area (TPSA) is 41.1 Å². The number of piperazine rings is 1. The summed E-state index contributed by atoms with van der Waals surface area (Å²) in [7, 11) is 0. The fraction of sp³-hybridized carbons (Fsp3) is 0.667. The van der Waals surface area contributed by atoms with Crippen molar-refractivity contribution in [3.8, 4) is 0 Å². The molecule has 1 aliphatic rings. The SMILES string of the molecule is CCc1ncnc(N2CC(C)NC(C)C2)c1F. The van der Waals surface area contributed by atoms with E-state index in [1.165, 1.54) is 6.33 Å². The van der Waals surface area contributed by atoms with Crippen LogP contribution >= 0.6 is 0 Å². The zero-order valence-corrected chi connectivity index (χ0v) is 10.6. The molecule has 0 spiro atoms. The fourth-order valence-corrected chi connectivity index (χ4v) is 2.36. The summed E-state index contributed by atoms with van der Waals surface area (Å²) in [6.07, 6.45) is 2.05. The van der Waals surface area contributed by atoms with E-state index in [9.17, 15) is 4.39 Å². The Balaban J connectivity index is 2.27. The van der Waals surface area contributed by atoms with Crippen LogP contribution in [0.15, 0.2) is 6.33 Å². The highest BCUT2D eigenvalue weighted by molar-refractivity contribution is 5.42. The molecular weight excluding hydrogens is 219 g/mol. The number of halogens is 1. The second kappa shape index (κ2) is 4.96. The molecule has 1 aliphatic heterocycles. The normalized spacial score (nSPS) is 25.1. The number of aryl methyl sites for hydroxylation is 1. The van der Waals surface area contributed by atoms with Gasteiger partial charge in [0.1, 0.15) is 6.33 Å². The zero-order valence-electron chi connectivity index (χ0n) is 10.6. The lowest BCUT2D eigenvalue weighted by Gasteiger charge is -2.37. The second-order valence-corrected chi connectivity index (χ2v) is 4.69. The van der Waals surface area contributed by atoms with Crippen LogP contribution < -0.4 is 10.2 Å². The first kappa shape index (κ1) is 12.2. The molecule has 1 fully saturated rings. The third kappa shape index (κ3) is 2.54. The predicted octanol–water partition coefficient (Wildman–Crippen LogP) is 1.36. The first-order valence-electron chi connectivity index (χ1n) is 6.12. The highest BCUT2D eigenvalue weighted by atomic mass is 19.1. The van der Waals surface area contributed by atoms with E-state index in [0.717, 1.165) is 13.1 Å². The molecule has 0 bridgehead atoms. The zero-order chi connectivity index (χ0) is 12.4. The molecule has 94 valence electrons. The van der Waals surface area contributed by atoms with Gasteiger partial charge in [-0.25, -0.2) is 14.4 Å². The molecule has 1 aromatic rings. The molecule has 2 rings (SSSR count). The lowest BCUT2D eigenvalue weighted by molar-refractivity contribution is 0.401. The first-order valence-corrected chi connectivity index (χ1v) is 6.12. The van der Waals surface area contributed by atoms with Gasteiger partial charge in [0.2, 0.25) is 0 Å². The van der Waals surface area contributed by atoms with E-state index in [4.69, 9.17) is 0 Å². The van der Waals surface area contributed by atoms with Crippen molar-refractivity contribution in [2.24, 2.45) is 0 Å². The number of hydrogen-bond acceptors (Lipinski definition) is 4. The van der Waals surface area contributed by atoms with Crippen LogP contribution in [-0.4, -0.2) is 35.1 Å². The van der Waals surface area contributed by atoms with Crippen LogP contribution in [0.25, 0.3) is 0 Å². The van der Waals surface area contributed by atoms with E-state index in [1.54, 1.807) is 0 Å². The van der Waals surface area contributed by atoms with Crippen molar-refractivity contribution < 1.29 is 4.39 Å². The van der Waals surface area contributed by atoms with Crippen LogP contribution in [0, 0.1) is 5.82 Å². The van der Waals surface area contributed by atoms with Crippen molar-refractivity contribution >= 4 is 5.82 Å². The molecule has 0 saturated carbocycles. The number of rotatable bonds is 2. The van der Waals surface area contributed by atoms with Crippen LogP contribution in [-0.2, 0) is 6.42 Å². The minimum Gasteiger partial charge on any atom is -0.351 e. The van der Waals surface area contributed by atoms with Crippen molar-refractivity contribution in [3.63, 3.8) is 0 Å². The van der Waals surface area contributed by atoms with Gasteiger partial charge >= 0.3 is 0 Å². The molecule has 2 unspecified atom stereocenters. The molecule has 0 aromatic carbocycles. The molecule has 2 heterocycles. The van der Waals surface area contributed by atoms with Crippen LogP contribution in [0.4, 0.5) is 10.2 Å². The average molecular weight is 238 g/mol. The van der Waals surface area contributed by atoms with Crippen LogP contribution in [0.5, 0.6) is 0 Å². The molecule has 0 amide bonds. The molecule has 0 aliphatic carbocycles. The summed E-state index contributed by atoms with van der Waals surface area (Å²) < 4.78 is 14.1. The summed E-state index contributed by atoms with van der Waals surface area (Å²) in [6, 6.07) is 0.691. The number of hydrogen-bond donors (Lipinski definition) is 1. The molecule has 0 radical (unpaired) electrons. The van der Waals surface area contributed by atoms with E-state index in [0.29, 0.717) is 30.0 Å². The monoisotopic (exact) mass is 238 g/mol. The van der Waals surface area contributed by atoms with Crippen LogP contribution in [0.1, 0.15) is 26.5 Å². The Hall–Kier alpha value is -1.23. The highest BCUT2D eigenvalue weighted by Gasteiger charge is 2.25. The standard InChI is InChI=1S/C12H19FN4/c1-4-10-11(13)12(15-7-14-10)17-5-8(2)16-9(3)6-17/h7-9,16H,4-6H2,1-3H3. The number of anilines is 1. The summed E-state index contributed by atoms with van der Waals surface area (Å²) in [4.78, 5) is 10.1. The molecule has 1 aromatic heterocycles. The molecule has 1 N–H and O–H groups in total. The van der Waals surface area contributed by atoms with Gasteiger partial charge in [0.25, 0.3) is 0 Å². The maximum absolute atomic E-state index is 14.1. The summed E-state index contributed by atoms with van der Waals surface area (Å²) in [5.41, 5.74) is 0.494. The molecule has 1 saturated heterocycles. The lowest BCUT2D eigenvalue weighted by atomic mass is 10.1. The van der Waals surface area contributed by atoms with Crippen molar-refractivity contribution in [1.29, 1.82) is 0 Å². The molecule has 2 atom stereocenters. The number of nitrogens with zero attached hydrogens (tertiary/aromatic N) is 3. The van der Waals surface area contributed by atoms with Crippen molar-refractivity contribution in [3.05, 3.63) is 17.8 Å². The van der Waals surface area contributed by atoms with Gasteiger partial charge in [0, 0.05) is 25.2 Å². The van der Waals surface area contributed by atoms with Gasteiger partial charge in [-0.3, -0.25) is 0 Å². The first-order chi connectivity index (χ1) is 8.11. The van der Waals surface area contributed by atoms with Crippen molar-refractivity contribution in [1.82, 2.24) is 15.3 Å². The molecule has 17 heavy (non-hydrogen) atoms. The predicted molar refractivity (Wildman–Crippen MR) is 65.6 cm³/mol. The molecule has 4 nitrogen and oxygen atoms in total. The largest absolute Gasteiger partial charge is 0.351 e. The second-order valence-electron chi connectivity index (χ2n) is 4.69. The maximum Gasteiger partial charge on any atom is 0.187 e. The summed E-state index contributed by atoms with van der Waals surface area (Å²) >= 11 is 0. The van der Waals surface area contributed by atoms with Crippen molar-refractivity contribution in [2.75, 3.05) is 18.0 Å². The third-order valence-electron chi connectivity index (χ3n) is 3.04. The Morgan fingerprint density at radius 3 is 2.59 bits per heavy atom. The maximum atomic E-state index is 14.1. The van der Waals surface area contributed by atoms with Crippen LogP contribution in [0.3, 0.4) is 0 Å². The van der Waals surface area contributed by atoms with E-state index in [1.807, 2.05) is 11.8 Å². The molecular formula is C12H19FN4. The Bertz CT molecular complexity index is 386. The highest BCUT2D eigenvalue weighted by Crippen LogP contribution is 2.20. The van der Waals surface area contributed by atoms with Gasteiger partial charge in [-0.05, 0) is 20.3 Å². The number of aromatic nitrogens is 2. The third-order valence-corrected chi connectivity index (χ3v) is 3.04. The van der Waals surface area contributed by atoms with Gasteiger partial charge in [0.15, 0.2) is 11.6 Å². The minimum absolute atomic E-state index is 0.267.